The molecule has 1 aromatic rings. The summed E-state index contributed by atoms with van der Waals surface area (Å²) >= 11 is 9.30. The summed E-state index contributed by atoms with van der Waals surface area (Å²) in [6, 6.07) is 3.02. The van der Waals surface area contributed by atoms with E-state index in [2.05, 4.69) is 56.6 Å². The van der Waals surface area contributed by atoms with Crippen LogP contribution >= 0.6 is 63.4 Å². The highest BCUT2D eigenvalue weighted by molar-refractivity contribution is 9.11. The summed E-state index contributed by atoms with van der Waals surface area (Å²) in [6.07, 6.45) is 0. The van der Waals surface area contributed by atoms with Gasteiger partial charge in [0.05, 0.1) is 8.95 Å². The Morgan fingerprint density at radius 2 is 1.44 bits per heavy atom. The van der Waals surface area contributed by atoms with Crippen LogP contribution in [0.3, 0.4) is 0 Å². The topological polar surface area (TPSA) is 113 Å². The van der Waals surface area contributed by atoms with Gasteiger partial charge in [0, 0.05) is 4.47 Å². The van der Waals surface area contributed by atoms with Crippen molar-refractivity contribution in [2.45, 2.75) is 0 Å². The minimum atomic E-state index is -5.14. The van der Waals surface area contributed by atoms with Gasteiger partial charge in [0.25, 0.3) is 0 Å². The van der Waals surface area contributed by atoms with Crippen molar-refractivity contribution in [3.63, 3.8) is 0 Å². The second kappa shape index (κ2) is 6.03. The molecule has 1 rings (SSSR count). The summed E-state index contributed by atoms with van der Waals surface area (Å²) in [5.41, 5.74) is 0. The van der Waals surface area contributed by atoms with Crippen molar-refractivity contribution in [1.82, 2.24) is 0 Å². The zero-order chi connectivity index (χ0) is 14.1. The van der Waals surface area contributed by atoms with Crippen molar-refractivity contribution in [3.8, 4) is 5.75 Å². The fourth-order valence-corrected chi connectivity index (χ4v) is 5.19. The number of rotatable bonds is 4. The highest BCUT2D eigenvalue weighted by Gasteiger charge is 2.34. The number of hydrogen-bond donors (Lipinski definition) is 3. The Bertz CT molecular complexity index is 533. The van der Waals surface area contributed by atoms with Gasteiger partial charge in [-0.15, -0.1) is 0 Å². The van der Waals surface area contributed by atoms with Crippen molar-refractivity contribution in [2.75, 3.05) is 0 Å². The van der Waals surface area contributed by atoms with Crippen LogP contribution in [0.2, 0.25) is 0 Å². The number of phosphoric ester groups is 1. The first-order chi connectivity index (χ1) is 8.00. The number of benzene rings is 1. The molecular weight excluding hydrogens is 486 g/mol. The van der Waals surface area contributed by atoms with Crippen molar-refractivity contribution in [2.24, 2.45) is 0 Å². The van der Waals surface area contributed by atoms with Crippen LogP contribution in [0, 0.1) is 0 Å². The Balaban J connectivity index is 3.05. The minimum Gasteiger partial charge on any atom is -0.401 e. The van der Waals surface area contributed by atoms with Gasteiger partial charge >= 0.3 is 15.6 Å². The Kier molecular flexibility index (Phi) is 5.63. The van der Waals surface area contributed by atoms with E-state index in [0.29, 0.717) is 4.47 Å². The van der Waals surface area contributed by atoms with Crippen molar-refractivity contribution in [3.05, 3.63) is 25.6 Å². The van der Waals surface area contributed by atoms with E-state index >= 15 is 0 Å². The van der Waals surface area contributed by atoms with E-state index in [4.69, 9.17) is 9.79 Å². The van der Waals surface area contributed by atoms with E-state index in [-0.39, 0.29) is 14.7 Å². The van der Waals surface area contributed by atoms with Crippen LogP contribution < -0.4 is 4.52 Å². The van der Waals surface area contributed by atoms with Crippen molar-refractivity contribution >= 4 is 63.4 Å². The van der Waals surface area contributed by atoms with E-state index < -0.39 is 15.6 Å². The summed E-state index contributed by atoms with van der Waals surface area (Å²) in [6.45, 7) is 0. The average molecular weight is 491 g/mol. The maximum atomic E-state index is 11.4. The number of halogens is 3. The molecule has 0 saturated heterocycles. The molecule has 18 heavy (non-hydrogen) atoms. The second-order valence-electron chi connectivity index (χ2n) is 2.83. The van der Waals surface area contributed by atoms with Gasteiger partial charge in [0.1, 0.15) is 0 Å². The molecule has 1 aromatic carbocycles. The standard InChI is InChI=1S/C6H5Br3O7P2/c7-3-1-4(8)6(5(9)2-3)15-18(13,14)16-17(10,11)12/h1-2H,(H,13,14)(H2,10,11,12). The quantitative estimate of drug-likeness (QED) is 0.553. The lowest BCUT2D eigenvalue weighted by Crippen LogP contribution is -1.97. The molecule has 0 aliphatic carbocycles. The predicted molar refractivity (Wildman–Crippen MR) is 73.1 cm³/mol. The summed E-state index contributed by atoms with van der Waals surface area (Å²) in [5, 5.41) is 0. The molecule has 0 amide bonds. The molecule has 0 spiro atoms. The third kappa shape index (κ3) is 5.40. The molecule has 102 valence electrons. The molecule has 0 radical (unpaired) electrons. The number of hydrogen-bond acceptors (Lipinski definition) is 4. The first kappa shape index (κ1) is 16.8. The van der Waals surface area contributed by atoms with E-state index in [9.17, 15) is 14.0 Å². The molecule has 12 heteroatoms. The third-order valence-electron chi connectivity index (χ3n) is 1.38. The van der Waals surface area contributed by atoms with Gasteiger partial charge in [0.15, 0.2) is 5.75 Å². The molecule has 0 bridgehead atoms. The Labute approximate surface area is 127 Å². The lowest BCUT2D eigenvalue weighted by molar-refractivity contribution is 0.229. The van der Waals surface area contributed by atoms with Gasteiger partial charge in [0.2, 0.25) is 0 Å². The van der Waals surface area contributed by atoms with E-state index in [1.807, 2.05) is 0 Å². The molecule has 0 saturated carbocycles. The average Bonchev–Trinajstić information content (AvgIpc) is 2.07. The number of phosphoric acid groups is 2. The van der Waals surface area contributed by atoms with Crippen LogP contribution in [0.25, 0.3) is 0 Å². The monoisotopic (exact) mass is 488 g/mol. The molecule has 1 atom stereocenters. The molecular formula is C6H5Br3O7P2. The molecule has 0 aliphatic rings. The van der Waals surface area contributed by atoms with Gasteiger partial charge in [-0.2, -0.15) is 4.31 Å². The highest BCUT2D eigenvalue weighted by Crippen LogP contribution is 2.58. The Morgan fingerprint density at radius 1 is 1.00 bits per heavy atom. The van der Waals surface area contributed by atoms with Gasteiger partial charge in [-0.25, -0.2) is 9.13 Å². The lowest BCUT2D eigenvalue weighted by Gasteiger charge is -2.15. The SMILES string of the molecule is O=P(O)(O)OP(=O)(O)Oc1c(Br)cc(Br)cc1Br. The molecule has 0 heterocycles. The molecule has 0 aromatic heterocycles. The summed E-state index contributed by atoms with van der Waals surface area (Å²) < 4.78 is 31.3. The Hall–Kier alpha value is 0.760. The molecule has 7 nitrogen and oxygen atoms in total. The maximum absolute atomic E-state index is 11.4. The molecule has 0 aliphatic heterocycles. The molecule has 1 unspecified atom stereocenters. The van der Waals surface area contributed by atoms with Crippen LogP contribution in [0.4, 0.5) is 0 Å². The van der Waals surface area contributed by atoms with Gasteiger partial charge in [-0.05, 0) is 44.0 Å². The van der Waals surface area contributed by atoms with Gasteiger partial charge < -0.3 is 14.3 Å². The fourth-order valence-electron chi connectivity index (χ4n) is 0.883. The summed E-state index contributed by atoms with van der Waals surface area (Å²) in [4.78, 5) is 26.1. The van der Waals surface area contributed by atoms with Gasteiger partial charge in [-0.3, -0.25) is 4.89 Å². The molecule has 3 N–H and O–H groups in total. The Morgan fingerprint density at radius 3 is 1.83 bits per heavy atom. The smallest absolute Gasteiger partial charge is 0.401 e. The zero-order valence-electron chi connectivity index (χ0n) is 8.16. The fraction of sp³-hybridized carbons (Fsp3) is 0. The van der Waals surface area contributed by atoms with Crippen LogP contribution in [0.5, 0.6) is 5.75 Å². The maximum Gasteiger partial charge on any atom is 0.536 e. The van der Waals surface area contributed by atoms with E-state index in [1.165, 1.54) is 12.1 Å². The molecule has 0 fully saturated rings. The summed E-state index contributed by atoms with van der Waals surface area (Å²) in [7, 11) is -10.1. The van der Waals surface area contributed by atoms with E-state index in [1.54, 1.807) is 0 Å². The summed E-state index contributed by atoms with van der Waals surface area (Å²) in [5.74, 6) is -0.127. The lowest BCUT2D eigenvalue weighted by atomic mass is 10.3. The zero-order valence-corrected chi connectivity index (χ0v) is 14.7. The second-order valence-corrected chi connectivity index (χ2v) is 8.21. The predicted octanol–water partition coefficient (Wildman–Crippen LogP) is 3.56. The first-order valence-corrected chi connectivity index (χ1v) is 9.34. The van der Waals surface area contributed by atoms with Gasteiger partial charge in [-0.1, -0.05) is 15.9 Å². The third-order valence-corrected chi connectivity index (χ3v) is 5.10. The van der Waals surface area contributed by atoms with Crippen LogP contribution in [-0.4, -0.2) is 14.7 Å². The normalized spacial score (nSPS) is 15.2. The van der Waals surface area contributed by atoms with Crippen molar-refractivity contribution < 1.29 is 32.6 Å². The largest absolute Gasteiger partial charge is 0.536 e. The van der Waals surface area contributed by atoms with Crippen LogP contribution in [0.15, 0.2) is 25.6 Å². The first-order valence-electron chi connectivity index (χ1n) is 3.94. The van der Waals surface area contributed by atoms with E-state index in [0.717, 1.165) is 0 Å². The van der Waals surface area contributed by atoms with Crippen LogP contribution in [-0.2, 0) is 13.4 Å². The van der Waals surface area contributed by atoms with Crippen LogP contribution in [0.1, 0.15) is 0 Å². The highest BCUT2D eigenvalue weighted by atomic mass is 79.9. The minimum absolute atomic E-state index is 0.127. The van der Waals surface area contributed by atoms with Crippen molar-refractivity contribution in [1.29, 1.82) is 0 Å².